The van der Waals surface area contributed by atoms with E-state index in [0.29, 0.717) is 5.52 Å². The Hall–Kier alpha value is -2.70. The number of hydrogen-bond acceptors (Lipinski definition) is 2. The van der Waals surface area contributed by atoms with Crippen LogP contribution in [0.1, 0.15) is 0 Å². The minimum atomic E-state index is -2.19. The molecule has 0 bridgehead atoms. The Balaban J connectivity index is 2.17. The summed E-state index contributed by atoms with van der Waals surface area (Å²) in [5, 5.41) is 0.780. The van der Waals surface area contributed by atoms with Crippen LogP contribution in [0.3, 0.4) is 0 Å². The first-order chi connectivity index (χ1) is 10.9. The Morgan fingerprint density at radius 2 is 1.30 bits per heavy atom. The van der Waals surface area contributed by atoms with Gasteiger partial charge in [-0.2, -0.15) is 0 Å². The molecule has 0 radical (unpaired) electrons. The fraction of sp³-hybridized carbons (Fsp3) is 0.0625. The van der Waals surface area contributed by atoms with Crippen LogP contribution in [-0.2, 0) is 0 Å². The quantitative estimate of drug-likeness (QED) is 0.386. The summed E-state index contributed by atoms with van der Waals surface area (Å²) in [5.74, 6) is -9.94. The second kappa shape index (κ2) is 5.49. The molecule has 1 aromatic heterocycles. The van der Waals surface area contributed by atoms with Gasteiger partial charge in [-0.1, -0.05) is 18.2 Å². The van der Waals surface area contributed by atoms with Gasteiger partial charge in [0.1, 0.15) is 11.5 Å². The van der Waals surface area contributed by atoms with Crippen LogP contribution in [0.2, 0.25) is 0 Å². The zero-order valence-electron chi connectivity index (χ0n) is 11.7. The number of rotatable bonds is 2. The van der Waals surface area contributed by atoms with E-state index in [2.05, 4.69) is 4.98 Å². The van der Waals surface area contributed by atoms with Crippen LogP contribution >= 0.6 is 0 Å². The Morgan fingerprint density at radius 1 is 0.739 bits per heavy atom. The third-order valence-corrected chi connectivity index (χ3v) is 3.45. The van der Waals surface area contributed by atoms with Crippen molar-refractivity contribution >= 4 is 22.4 Å². The molecule has 0 atom stereocenters. The van der Waals surface area contributed by atoms with Gasteiger partial charge in [-0.15, -0.1) is 0 Å². The normalized spacial score (nSPS) is 11.0. The molecular weight excluding hydrogens is 315 g/mol. The predicted molar refractivity (Wildman–Crippen MR) is 76.0 cm³/mol. The zero-order valence-corrected chi connectivity index (χ0v) is 11.7. The summed E-state index contributed by atoms with van der Waals surface area (Å²) in [7, 11) is 1.18. The van der Waals surface area contributed by atoms with Gasteiger partial charge in [0.25, 0.3) is 0 Å². The average Bonchev–Trinajstić information content (AvgIpc) is 2.57. The van der Waals surface area contributed by atoms with Gasteiger partial charge in [0.15, 0.2) is 23.3 Å². The van der Waals surface area contributed by atoms with Crippen LogP contribution in [-0.4, -0.2) is 12.0 Å². The van der Waals surface area contributed by atoms with E-state index in [9.17, 15) is 22.0 Å². The highest BCUT2D eigenvalue weighted by molar-refractivity contribution is 5.81. The van der Waals surface area contributed by atoms with Crippen molar-refractivity contribution in [1.82, 2.24) is 4.98 Å². The SMILES string of the molecule is CN(c1ccc2ccccc2n1)c1c(F)c(F)c(F)c(F)c1F. The number of anilines is 2. The number of fused-ring (bicyclic) bond motifs is 1. The number of benzene rings is 2. The molecule has 23 heavy (non-hydrogen) atoms. The lowest BCUT2D eigenvalue weighted by Gasteiger charge is -2.20. The third kappa shape index (κ3) is 2.38. The highest BCUT2D eigenvalue weighted by atomic mass is 19.2. The zero-order chi connectivity index (χ0) is 16.7. The molecule has 0 spiro atoms. The summed E-state index contributed by atoms with van der Waals surface area (Å²) in [5.41, 5.74) is -0.523. The Bertz CT molecular complexity index is 881. The highest BCUT2D eigenvalue weighted by Gasteiger charge is 2.28. The van der Waals surface area contributed by atoms with Gasteiger partial charge < -0.3 is 4.90 Å². The fourth-order valence-electron chi connectivity index (χ4n) is 2.24. The molecule has 1 heterocycles. The molecule has 2 aromatic carbocycles. The molecule has 0 unspecified atom stereocenters. The summed E-state index contributed by atoms with van der Waals surface area (Å²) in [6.07, 6.45) is 0. The van der Waals surface area contributed by atoms with Crippen molar-refractivity contribution in [2.45, 2.75) is 0 Å². The van der Waals surface area contributed by atoms with Gasteiger partial charge >= 0.3 is 0 Å². The molecular formula is C16H9F5N2. The maximum Gasteiger partial charge on any atom is 0.200 e. The predicted octanol–water partition coefficient (Wildman–Crippen LogP) is 4.70. The van der Waals surface area contributed by atoms with E-state index in [4.69, 9.17) is 0 Å². The van der Waals surface area contributed by atoms with E-state index in [0.717, 1.165) is 10.3 Å². The molecule has 0 saturated carbocycles. The molecule has 2 nitrogen and oxygen atoms in total. The lowest BCUT2D eigenvalue weighted by molar-refractivity contribution is 0.380. The molecule has 0 aliphatic rings. The fourth-order valence-corrected chi connectivity index (χ4v) is 2.24. The number of nitrogens with zero attached hydrogens (tertiary/aromatic N) is 2. The van der Waals surface area contributed by atoms with Crippen LogP contribution in [0, 0.1) is 29.1 Å². The summed E-state index contributed by atoms with van der Waals surface area (Å²) >= 11 is 0. The molecule has 118 valence electrons. The minimum absolute atomic E-state index is 0.0481. The van der Waals surface area contributed by atoms with Gasteiger partial charge in [0.05, 0.1) is 5.52 Å². The summed E-state index contributed by atoms with van der Waals surface area (Å²) in [6.45, 7) is 0. The number of para-hydroxylation sites is 1. The van der Waals surface area contributed by atoms with Crippen molar-refractivity contribution in [3.8, 4) is 0 Å². The molecule has 7 heteroatoms. The smallest absolute Gasteiger partial charge is 0.200 e. The number of pyridine rings is 1. The van der Waals surface area contributed by atoms with E-state index < -0.39 is 34.8 Å². The Morgan fingerprint density at radius 3 is 1.96 bits per heavy atom. The van der Waals surface area contributed by atoms with E-state index in [1.807, 2.05) is 0 Å². The molecule has 0 saturated heterocycles. The summed E-state index contributed by atoms with van der Waals surface area (Å²) in [4.78, 5) is 4.99. The molecule has 3 aromatic rings. The Kier molecular flexibility index (Phi) is 3.63. The van der Waals surface area contributed by atoms with E-state index >= 15 is 0 Å². The number of aromatic nitrogens is 1. The van der Waals surface area contributed by atoms with Crippen molar-refractivity contribution in [2.24, 2.45) is 0 Å². The highest BCUT2D eigenvalue weighted by Crippen LogP contribution is 2.33. The third-order valence-electron chi connectivity index (χ3n) is 3.45. The van der Waals surface area contributed by atoms with Crippen LogP contribution in [0.5, 0.6) is 0 Å². The van der Waals surface area contributed by atoms with E-state index in [1.165, 1.54) is 13.1 Å². The Labute approximate surface area is 127 Å². The second-order valence-electron chi connectivity index (χ2n) is 4.84. The first-order valence-corrected chi connectivity index (χ1v) is 6.52. The summed E-state index contributed by atoms with van der Waals surface area (Å²) < 4.78 is 67.5. The first kappa shape index (κ1) is 15.2. The van der Waals surface area contributed by atoms with E-state index in [1.54, 1.807) is 30.3 Å². The van der Waals surface area contributed by atoms with Gasteiger partial charge in [-0.05, 0) is 18.2 Å². The van der Waals surface area contributed by atoms with Crippen molar-refractivity contribution in [3.05, 3.63) is 65.5 Å². The van der Waals surface area contributed by atoms with Crippen molar-refractivity contribution in [2.75, 3.05) is 11.9 Å². The summed E-state index contributed by atoms with van der Waals surface area (Å²) in [6, 6.07) is 10.0. The minimum Gasteiger partial charge on any atom is -0.324 e. The van der Waals surface area contributed by atoms with Crippen LogP contribution in [0.25, 0.3) is 10.9 Å². The van der Waals surface area contributed by atoms with Crippen molar-refractivity contribution < 1.29 is 22.0 Å². The van der Waals surface area contributed by atoms with Crippen LogP contribution < -0.4 is 4.90 Å². The van der Waals surface area contributed by atoms with Gasteiger partial charge in [-0.25, -0.2) is 26.9 Å². The maximum atomic E-state index is 13.9. The van der Waals surface area contributed by atoms with Crippen molar-refractivity contribution in [1.29, 1.82) is 0 Å². The molecule has 0 aliphatic heterocycles. The van der Waals surface area contributed by atoms with Crippen LogP contribution in [0.4, 0.5) is 33.5 Å². The molecule has 0 fully saturated rings. The molecule has 0 aliphatic carbocycles. The molecule has 3 rings (SSSR count). The van der Waals surface area contributed by atoms with E-state index in [-0.39, 0.29) is 5.82 Å². The molecule has 0 amide bonds. The van der Waals surface area contributed by atoms with Gasteiger partial charge in [0.2, 0.25) is 5.82 Å². The number of halogens is 5. The maximum absolute atomic E-state index is 13.9. The largest absolute Gasteiger partial charge is 0.324 e. The van der Waals surface area contributed by atoms with Crippen LogP contribution in [0.15, 0.2) is 36.4 Å². The first-order valence-electron chi connectivity index (χ1n) is 6.52. The van der Waals surface area contributed by atoms with Gasteiger partial charge in [-0.3, -0.25) is 0 Å². The average molecular weight is 324 g/mol. The number of hydrogen-bond donors (Lipinski definition) is 0. The second-order valence-corrected chi connectivity index (χ2v) is 4.84. The van der Waals surface area contributed by atoms with Gasteiger partial charge in [0, 0.05) is 12.4 Å². The lowest BCUT2D eigenvalue weighted by Crippen LogP contribution is -2.17. The monoisotopic (exact) mass is 324 g/mol. The standard InChI is InChI=1S/C16H9F5N2/c1-23(10-7-6-8-4-2-3-5-9(8)22-10)16-14(20)12(18)11(17)13(19)15(16)21/h2-7H,1H3. The molecule has 0 N–H and O–H groups in total. The topological polar surface area (TPSA) is 16.1 Å². The van der Waals surface area contributed by atoms with Crippen molar-refractivity contribution in [3.63, 3.8) is 0 Å². The lowest BCUT2D eigenvalue weighted by atomic mass is 10.2.